The third kappa shape index (κ3) is 3.39. The van der Waals surface area contributed by atoms with Gasteiger partial charge in [-0.1, -0.05) is 25.1 Å². The molecule has 2 rings (SSSR count). The molecule has 98 valence electrons. The molecule has 1 aromatic carbocycles. The van der Waals surface area contributed by atoms with E-state index in [1.165, 1.54) is 0 Å². The van der Waals surface area contributed by atoms with Gasteiger partial charge in [-0.25, -0.2) is 0 Å². The van der Waals surface area contributed by atoms with E-state index in [-0.39, 0.29) is 17.9 Å². The van der Waals surface area contributed by atoms with Gasteiger partial charge in [-0.2, -0.15) is 0 Å². The van der Waals surface area contributed by atoms with Crippen LogP contribution in [0.1, 0.15) is 13.3 Å². The molecule has 1 fully saturated rings. The number of alkyl halides is 1. The zero-order valence-corrected chi connectivity index (χ0v) is 11.3. The lowest BCUT2D eigenvalue weighted by atomic mass is 10.00. The Bertz CT molecular complexity index is 396. The molecule has 0 radical (unpaired) electrons. The molecule has 1 aliphatic heterocycles. The highest BCUT2D eigenvalue weighted by atomic mass is 35.5. The average molecular weight is 268 g/mol. The highest BCUT2D eigenvalue weighted by Gasteiger charge is 2.27. The molecule has 0 aromatic heterocycles. The summed E-state index contributed by atoms with van der Waals surface area (Å²) in [5.74, 6) is 1.11. The number of halogens is 1. The standard InChI is InChI=1S/C14H18ClNO2/c1-11-9-16(8-7-13(11)15)14(17)10-18-12-5-3-2-4-6-12/h2-6,11,13H,7-10H2,1H3. The summed E-state index contributed by atoms with van der Waals surface area (Å²) in [5.41, 5.74) is 0. The van der Waals surface area contributed by atoms with Gasteiger partial charge in [-0.3, -0.25) is 4.79 Å². The average Bonchev–Trinajstić information content (AvgIpc) is 2.40. The highest BCUT2D eigenvalue weighted by Crippen LogP contribution is 2.21. The molecule has 0 N–H and O–H groups in total. The predicted molar refractivity (Wildman–Crippen MR) is 71.9 cm³/mol. The zero-order valence-electron chi connectivity index (χ0n) is 10.5. The van der Waals surface area contributed by atoms with E-state index in [0.29, 0.717) is 5.92 Å². The number of hydrogen-bond donors (Lipinski definition) is 0. The number of para-hydroxylation sites is 1. The van der Waals surface area contributed by atoms with Gasteiger partial charge in [0.2, 0.25) is 0 Å². The lowest BCUT2D eigenvalue weighted by molar-refractivity contribution is -0.135. The second kappa shape index (κ2) is 6.10. The molecule has 2 unspecified atom stereocenters. The van der Waals surface area contributed by atoms with Crippen LogP contribution in [-0.2, 0) is 4.79 Å². The van der Waals surface area contributed by atoms with Crippen molar-refractivity contribution in [3.05, 3.63) is 30.3 Å². The minimum atomic E-state index is 0.0364. The first-order valence-corrected chi connectivity index (χ1v) is 6.70. The highest BCUT2D eigenvalue weighted by molar-refractivity contribution is 6.20. The van der Waals surface area contributed by atoms with Gasteiger partial charge in [0, 0.05) is 18.5 Å². The van der Waals surface area contributed by atoms with Crippen molar-refractivity contribution in [2.45, 2.75) is 18.7 Å². The van der Waals surface area contributed by atoms with Crippen LogP contribution in [0.4, 0.5) is 0 Å². The Hall–Kier alpha value is -1.22. The van der Waals surface area contributed by atoms with Crippen LogP contribution < -0.4 is 4.74 Å². The van der Waals surface area contributed by atoms with Gasteiger partial charge in [-0.15, -0.1) is 11.6 Å². The van der Waals surface area contributed by atoms with Gasteiger partial charge < -0.3 is 9.64 Å². The van der Waals surface area contributed by atoms with Crippen molar-refractivity contribution < 1.29 is 9.53 Å². The third-order valence-electron chi connectivity index (χ3n) is 3.26. The van der Waals surface area contributed by atoms with Crippen LogP contribution >= 0.6 is 11.6 Å². The summed E-state index contributed by atoms with van der Waals surface area (Å²) in [4.78, 5) is 13.8. The van der Waals surface area contributed by atoms with Crippen molar-refractivity contribution in [1.82, 2.24) is 4.90 Å². The van der Waals surface area contributed by atoms with Crippen LogP contribution in [0.3, 0.4) is 0 Å². The molecule has 2 atom stereocenters. The smallest absolute Gasteiger partial charge is 0.260 e. The molecule has 0 aliphatic carbocycles. The van der Waals surface area contributed by atoms with Gasteiger partial charge in [-0.05, 0) is 24.5 Å². The number of likely N-dealkylation sites (tertiary alicyclic amines) is 1. The summed E-state index contributed by atoms with van der Waals surface area (Å²) in [6, 6.07) is 9.39. The second-order valence-corrected chi connectivity index (χ2v) is 5.28. The van der Waals surface area contributed by atoms with Crippen LogP contribution in [0.25, 0.3) is 0 Å². The first kappa shape index (κ1) is 13.2. The van der Waals surface area contributed by atoms with E-state index in [4.69, 9.17) is 16.3 Å². The molecule has 1 amide bonds. The molecule has 0 bridgehead atoms. The summed E-state index contributed by atoms with van der Waals surface area (Å²) in [7, 11) is 0. The number of carbonyl (C=O) groups is 1. The molecule has 4 heteroatoms. The van der Waals surface area contributed by atoms with Gasteiger partial charge in [0.15, 0.2) is 6.61 Å². The Morgan fingerprint density at radius 3 is 2.83 bits per heavy atom. The van der Waals surface area contributed by atoms with Crippen LogP contribution in [0.15, 0.2) is 30.3 Å². The minimum absolute atomic E-state index is 0.0364. The fraction of sp³-hybridized carbons (Fsp3) is 0.500. The Labute approximate surface area is 113 Å². The largest absolute Gasteiger partial charge is 0.484 e. The Kier molecular flexibility index (Phi) is 4.48. The van der Waals surface area contributed by atoms with Gasteiger partial charge in [0.05, 0.1) is 0 Å². The maximum Gasteiger partial charge on any atom is 0.260 e. The topological polar surface area (TPSA) is 29.5 Å². The van der Waals surface area contributed by atoms with Crippen molar-refractivity contribution in [2.24, 2.45) is 5.92 Å². The summed E-state index contributed by atoms with van der Waals surface area (Å²) < 4.78 is 5.46. The minimum Gasteiger partial charge on any atom is -0.484 e. The van der Waals surface area contributed by atoms with Crippen molar-refractivity contribution in [3.63, 3.8) is 0 Å². The summed E-state index contributed by atoms with van der Waals surface area (Å²) in [6.45, 7) is 3.64. The van der Waals surface area contributed by atoms with E-state index < -0.39 is 0 Å². The van der Waals surface area contributed by atoms with E-state index in [0.717, 1.165) is 25.3 Å². The fourth-order valence-electron chi connectivity index (χ4n) is 2.10. The van der Waals surface area contributed by atoms with Crippen molar-refractivity contribution >= 4 is 17.5 Å². The fourth-order valence-corrected chi connectivity index (χ4v) is 2.27. The molecule has 3 nitrogen and oxygen atoms in total. The molecular formula is C14H18ClNO2. The first-order valence-electron chi connectivity index (χ1n) is 6.26. The summed E-state index contributed by atoms with van der Waals surface area (Å²) in [6.07, 6.45) is 0.861. The number of amides is 1. The van der Waals surface area contributed by atoms with Gasteiger partial charge >= 0.3 is 0 Å². The lowest BCUT2D eigenvalue weighted by Crippen LogP contribution is -2.45. The molecule has 1 aromatic rings. The van der Waals surface area contributed by atoms with Crippen molar-refractivity contribution in [3.8, 4) is 5.75 Å². The Morgan fingerprint density at radius 2 is 2.17 bits per heavy atom. The predicted octanol–water partition coefficient (Wildman–Crippen LogP) is 2.54. The maximum atomic E-state index is 12.0. The van der Waals surface area contributed by atoms with Crippen molar-refractivity contribution in [2.75, 3.05) is 19.7 Å². The monoisotopic (exact) mass is 267 g/mol. The number of ether oxygens (including phenoxy) is 1. The SMILES string of the molecule is CC1CN(C(=O)COc2ccccc2)CCC1Cl. The molecule has 18 heavy (non-hydrogen) atoms. The van der Waals surface area contributed by atoms with E-state index >= 15 is 0 Å². The van der Waals surface area contributed by atoms with Gasteiger partial charge in [0.25, 0.3) is 5.91 Å². The maximum absolute atomic E-state index is 12.0. The number of benzene rings is 1. The normalized spacial score (nSPS) is 23.8. The Morgan fingerprint density at radius 1 is 1.44 bits per heavy atom. The van der Waals surface area contributed by atoms with Crippen LogP contribution in [0.5, 0.6) is 5.75 Å². The number of rotatable bonds is 3. The molecule has 0 saturated carbocycles. The quantitative estimate of drug-likeness (QED) is 0.788. The molecule has 0 spiro atoms. The summed E-state index contributed by atoms with van der Waals surface area (Å²) in [5, 5.41) is 0.184. The molecule has 1 heterocycles. The Balaban J connectivity index is 1.82. The molecule has 1 saturated heterocycles. The third-order valence-corrected chi connectivity index (χ3v) is 3.91. The molecule has 1 aliphatic rings. The lowest BCUT2D eigenvalue weighted by Gasteiger charge is -2.34. The van der Waals surface area contributed by atoms with Crippen LogP contribution in [0, 0.1) is 5.92 Å². The first-order chi connectivity index (χ1) is 8.66. The summed E-state index contributed by atoms with van der Waals surface area (Å²) >= 11 is 6.14. The van der Waals surface area contributed by atoms with Crippen molar-refractivity contribution in [1.29, 1.82) is 0 Å². The number of nitrogens with zero attached hydrogens (tertiary/aromatic N) is 1. The van der Waals surface area contributed by atoms with E-state index in [9.17, 15) is 4.79 Å². The van der Waals surface area contributed by atoms with Gasteiger partial charge in [0.1, 0.15) is 5.75 Å². The second-order valence-electron chi connectivity index (χ2n) is 4.72. The number of piperidine rings is 1. The zero-order chi connectivity index (χ0) is 13.0. The van der Waals surface area contributed by atoms with E-state index in [2.05, 4.69) is 6.92 Å². The van der Waals surface area contributed by atoms with E-state index in [1.807, 2.05) is 35.2 Å². The number of hydrogen-bond acceptors (Lipinski definition) is 2. The number of carbonyl (C=O) groups excluding carboxylic acids is 1. The van der Waals surface area contributed by atoms with Crippen LogP contribution in [-0.4, -0.2) is 35.9 Å². The van der Waals surface area contributed by atoms with Crippen LogP contribution in [0.2, 0.25) is 0 Å². The molecular weight excluding hydrogens is 250 g/mol. The van der Waals surface area contributed by atoms with E-state index in [1.54, 1.807) is 0 Å².